The lowest BCUT2D eigenvalue weighted by Gasteiger charge is -2.29. The second-order valence-corrected chi connectivity index (χ2v) is 6.16. The van der Waals surface area contributed by atoms with Crippen molar-refractivity contribution in [1.29, 1.82) is 0 Å². The largest absolute Gasteiger partial charge is 0.489 e. The predicted octanol–water partition coefficient (Wildman–Crippen LogP) is 1.86. The van der Waals surface area contributed by atoms with Gasteiger partial charge in [0.15, 0.2) is 0 Å². The van der Waals surface area contributed by atoms with Gasteiger partial charge in [-0.2, -0.15) is 0 Å². The number of amides is 3. The summed E-state index contributed by atoms with van der Waals surface area (Å²) in [4.78, 5) is 38.0. The summed E-state index contributed by atoms with van der Waals surface area (Å²) in [5.41, 5.74) is -5.67. The van der Waals surface area contributed by atoms with E-state index in [0.717, 1.165) is 0 Å². The highest BCUT2D eigenvalue weighted by molar-refractivity contribution is 6.05. The van der Waals surface area contributed by atoms with Crippen LogP contribution in [0.1, 0.15) is 74.1 Å². The molecule has 3 aliphatic rings. The second kappa shape index (κ2) is 9.33. The van der Waals surface area contributed by atoms with Gasteiger partial charge in [-0.15, -0.1) is 0 Å². The van der Waals surface area contributed by atoms with Gasteiger partial charge < -0.3 is 14.4 Å². The third-order valence-corrected chi connectivity index (χ3v) is 4.09. The van der Waals surface area contributed by atoms with Crippen molar-refractivity contribution in [1.82, 2.24) is 15.1 Å². The van der Waals surface area contributed by atoms with Crippen LogP contribution in [0.15, 0.2) is 42.3 Å². The maximum Gasteiger partial charge on any atom is 0.255 e. The zero-order valence-electron chi connectivity index (χ0n) is 41.0. The van der Waals surface area contributed by atoms with E-state index in [4.69, 9.17) is 39.0 Å². The van der Waals surface area contributed by atoms with Crippen molar-refractivity contribution in [3.05, 3.63) is 64.6 Å². The summed E-state index contributed by atoms with van der Waals surface area (Å²) in [5.74, 6) is -6.82. The number of rotatable bonds is 6. The Labute approximate surface area is 227 Å². The first-order valence-corrected chi connectivity index (χ1v) is 8.88. The molecular formula is C25H27N3O5. The van der Waals surface area contributed by atoms with Gasteiger partial charge in [0.25, 0.3) is 5.91 Å². The number of imide groups is 1. The Bertz CT molecular complexity index is 2140. The van der Waals surface area contributed by atoms with Gasteiger partial charge in [-0.3, -0.25) is 24.6 Å². The maximum absolute atomic E-state index is 13.8. The summed E-state index contributed by atoms with van der Waals surface area (Å²) in [7, 11) is 0. The minimum absolute atomic E-state index is 0.253. The second-order valence-electron chi connectivity index (χ2n) is 6.16. The van der Waals surface area contributed by atoms with Crippen LogP contribution < -0.4 is 10.1 Å². The topological polar surface area (TPSA) is 88.2 Å². The zero-order chi connectivity index (χ0) is 45.0. The summed E-state index contributed by atoms with van der Waals surface area (Å²) in [6, 6.07) is -13.2. The third kappa shape index (κ3) is 4.62. The van der Waals surface area contributed by atoms with Crippen molar-refractivity contribution in [2.24, 2.45) is 0 Å². The number of morpholine rings is 1. The molecule has 2 aromatic rings. The fourth-order valence-electron chi connectivity index (χ4n) is 2.68. The minimum Gasteiger partial charge on any atom is -0.489 e. The Morgan fingerprint density at radius 3 is 2.67 bits per heavy atom. The summed E-state index contributed by atoms with van der Waals surface area (Å²) in [6.07, 6.45) is -7.32. The Kier molecular flexibility index (Phi) is 2.02. The highest BCUT2D eigenvalue weighted by atomic mass is 16.5. The number of carbonyl (C=O) groups is 3. The van der Waals surface area contributed by atoms with Gasteiger partial charge in [0.05, 0.1) is 40.2 Å². The molecule has 8 nitrogen and oxygen atoms in total. The van der Waals surface area contributed by atoms with Gasteiger partial charge in [-0.25, -0.2) is 0 Å². The van der Waals surface area contributed by atoms with E-state index in [-0.39, 0.29) is 4.90 Å². The summed E-state index contributed by atoms with van der Waals surface area (Å²) in [6.45, 7) is -27.3. The normalized spacial score (nSPS) is 43.8. The van der Waals surface area contributed by atoms with Crippen LogP contribution in [0, 0.1) is 0 Å². The minimum atomic E-state index is -4.04. The molecule has 1 N–H and O–H groups in total. The van der Waals surface area contributed by atoms with Crippen LogP contribution in [-0.2, 0) is 33.9 Å². The van der Waals surface area contributed by atoms with Crippen molar-refractivity contribution in [2.45, 2.75) is 38.3 Å². The van der Waals surface area contributed by atoms with Crippen LogP contribution in [0.3, 0.4) is 0 Å². The van der Waals surface area contributed by atoms with Gasteiger partial charge in [0.1, 0.15) is 18.4 Å². The Balaban J connectivity index is 1.71. The van der Waals surface area contributed by atoms with Crippen LogP contribution in [0.4, 0.5) is 0 Å². The van der Waals surface area contributed by atoms with Crippen LogP contribution in [0.25, 0.3) is 0 Å². The molecule has 172 valence electrons. The fraction of sp³-hybridized carbons (Fsp3) is 0.400. The lowest BCUT2D eigenvalue weighted by molar-refractivity contribution is -0.136. The molecule has 1 atom stereocenters. The maximum atomic E-state index is 13.8. The van der Waals surface area contributed by atoms with E-state index in [1.807, 2.05) is 0 Å². The van der Waals surface area contributed by atoms with E-state index in [9.17, 15) is 14.4 Å². The standard InChI is InChI=1S/C25H27N3O5/c29-23-9-8-21(24(30)26-23)28-15-20-19(25(28)31)2-1-3-22(20)33-16-18-6-4-17(5-7-18)14-27-10-12-32-13-11-27/h1-7,21H,8-16H2,(H,26,29,30)/t21-/m1/s1/i1D,2D,3D,4D,5D,6D,7D,8D2,9D2,10D2,11D2,12D2,13D2,14D2,15D2,16D2. The van der Waals surface area contributed by atoms with Gasteiger partial charge in [0, 0.05) is 50.7 Å². The molecule has 0 saturated carbocycles. The van der Waals surface area contributed by atoms with E-state index >= 15 is 0 Å². The number of piperidine rings is 1. The lowest BCUT2D eigenvalue weighted by Crippen LogP contribution is -2.52. The SMILES string of the molecule is [2H]c1c([2H])c(OC([2H])([2H])c2c([2H])c([2H])c(C([2H])([2H])N3C([2H])([2H])C([2H])([2H])OC([2H])([2H])C3([2H])[2H])c([2H])c2[2H])c2c(c1[2H])C(=O)N([C@H]1C(=O)NC(=O)C([2H])([2H])C1([2H])[2H])C2([2H])[2H]. The Hall–Kier alpha value is -3.23. The lowest BCUT2D eigenvalue weighted by atomic mass is 10.0. The summed E-state index contributed by atoms with van der Waals surface area (Å²) < 4.78 is 218. The van der Waals surface area contributed by atoms with Gasteiger partial charge in [0.2, 0.25) is 11.8 Å². The number of hydrogen-bond donors (Lipinski definition) is 1. The predicted molar refractivity (Wildman–Crippen MR) is 119 cm³/mol. The van der Waals surface area contributed by atoms with E-state index in [1.54, 1.807) is 0 Å². The highest BCUT2D eigenvalue weighted by Crippen LogP contribution is 2.34. The molecule has 3 aliphatic heterocycles. The number of nitrogens with zero attached hydrogens (tertiary/aromatic N) is 2. The van der Waals surface area contributed by atoms with Crippen LogP contribution in [0.2, 0.25) is 0 Å². The number of carbonyl (C=O) groups excluding carboxylic acids is 3. The van der Waals surface area contributed by atoms with Gasteiger partial charge in [-0.05, 0) is 29.6 Å². The molecule has 5 rings (SSSR count). The Morgan fingerprint density at radius 2 is 1.88 bits per heavy atom. The molecule has 0 bridgehead atoms. The molecule has 8 heteroatoms. The number of benzene rings is 2. The van der Waals surface area contributed by atoms with E-state index < -0.39 is 157 Å². The average Bonchev–Trinajstić information content (AvgIpc) is 3.23. The molecule has 2 aromatic carbocycles. The number of ether oxygens (including phenoxy) is 2. The molecular weight excluding hydrogens is 422 g/mol. The van der Waals surface area contributed by atoms with Gasteiger partial charge in [-0.1, -0.05) is 30.2 Å². The average molecular weight is 475 g/mol. The summed E-state index contributed by atoms with van der Waals surface area (Å²) >= 11 is 0. The van der Waals surface area contributed by atoms with Crippen molar-refractivity contribution >= 4 is 17.7 Å². The molecule has 2 saturated heterocycles. The Morgan fingerprint density at radius 1 is 1.12 bits per heavy atom. The first-order chi connectivity index (χ1) is 25.7. The molecule has 0 aromatic heterocycles. The number of fused-ring (bicyclic) bond motifs is 1. The van der Waals surface area contributed by atoms with Crippen molar-refractivity contribution < 1.29 is 58.1 Å². The van der Waals surface area contributed by atoms with E-state index in [1.165, 1.54) is 5.32 Å². The molecule has 33 heavy (non-hydrogen) atoms. The van der Waals surface area contributed by atoms with Crippen LogP contribution in [-0.4, -0.2) is 59.7 Å². The summed E-state index contributed by atoms with van der Waals surface area (Å²) in [5, 5.41) is 1.47. The fourth-order valence-corrected chi connectivity index (χ4v) is 2.68. The first kappa shape index (κ1) is 7.13. The molecule has 0 aliphatic carbocycles. The van der Waals surface area contributed by atoms with E-state index in [0.29, 0.717) is 0 Å². The van der Waals surface area contributed by atoms with Crippen LogP contribution >= 0.6 is 0 Å². The molecule has 2 fully saturated rings. The highest BCUT2D eigenvalue weighted by Gasteiger charge is 2.40. The molecule has 3 heterocycles. The van der Waals surface area contributed by atoms with Crippen molar-refractivity contribution in [3.63, 3.8) is 0 Å². The first-order valence-electron chi connectivity index (χ1n) is 21.4. The van der Waals surface area contributed by atoms with Crippen molar-refractivity contribution in [2.75, 3.05) is 26.1 Å². The number of nitrogens with one attached hydrogen (secondary N) is 1. The number of hydrogen-bond acceptors (Lipinski definition) is 6. The molecule has 3 amide bonds. The quantitative estimate of drug-likeness (QED) is 0.643. The third-order valence-electron chi connectivity index (χ3n) is 4.09. The molecule has 0 unspecified atom stereocenters. The monoisotopic (exact) mass is 474 g/mol. The smallest absolute Gasteiger partial charge is 0.255 e. The molecule has 0 radical (unpaired) electrons. The van der Waals surface area contributed by atoms with Crippen LogP contribution in [0.5, 0.6) is 5.75 Å². The molecule has 0 spiro atoms. The van der Waals surface area contributed by atoms with Gasteiger partial charge >= 0.3 is 0 Å². The zero-order valence-corrected chi connectivity index (χ0v) is 16.0. The van der Waals surface area contributed by atoms with Crippen molar-refractivity contribution in [3.8, 4) is 5.75 Å². The van der Waals surface area contributed by atoms with E-state index in [2.05, 4.69) is 4.74 Å².